The molecule has 0 spiro atoms. The van der Waals surface area contributed by atoms with Crippen LogP contribution in [0.15, 0.2) is 30.3 Å². The number of carbonyl (C=O) groups is 2. The van der Waals surface area contributed by atoms with Crippen molar-refractivity contribution in [1.29, 1.82) is 0 Å². The highest BCUT2D eigenvalue weighted by molar-refractivity contribution is 6.42. The molecule has 2 amide bonds. The first-order valence-electron chi connectivity index (χ1n) is 11.1. The molecule has 0 aromatic heterocycles. The van der Waals surface area contributed by atoms with Crippen molar-refractivity contribution in [2.45, 2.75) is 65.1 Å². The predicted octanol–water partition coefficient (Wildman–Crippen LogP) is 6.12. The quantitative estimate of drug-likeness (QED) is 0.464. The molecule has 0 radical (unpaired) electrons. The number of nitrogens with one attached hydrogen (secondary N) is 1. The monoisotopic (exact) mass is 510 g/mol. The van der Waals surface area contributed by atoms with Crippen LogP contribution in [-0.4, -0.2) is 35.4 Å². The Bertz CT molecular complexity index is 999. The van der Waals surface area contributed by atoms with Gasteiger partial charge in [0.25, 0.3) is 5.91 Å². The minimum Gasteiger partial charge on any atom is -0.484 e. The van der Waals surface area contributed by atoms with Crippen molar-refractivity contribution in [2.75, 3.05) is 6.61 Å². The molecule has 1 aliphatic rings. The van der Waals surface area contributed by atoms with Crippen LogP contribution in [0, 0.1) is 13.8 Å². The maximum atomic E-state index is 13.2. The Morgan fingerprint density at radius 1 is 1.06 bits per heavy atom. The molecule has 0 saturated heterocycles. The highest BCUT2D eigenvalue weighted by atomic mass is 35.5. The van der Waals surface area contributed by atoms with E-state index in [1.165, 1.54) is 4.90 Å². The Balaban J connectivity index is 1.76. The van der Waals surface area contributed by atoms with Crippen molar-refractivity contribution in [3.8, 4) is 5.75 Å². The van der Waals surface area contributed by atoms with Gasteiger partial charge in [0, 0.05) is 17.6 Å². The van der Waals surface area contributed by atoms with Gasteiger partial charge in [0.05, 0.1) is 10.0 Å². The SMILES string of the molecule is Cc1cc(OCC(=O)N(Cc2ccc(Cl)c(Cl)c2)[C@H](C)C(=O)NC2CCCC2)cc(C)c1Cl. The van der Waals surface area contributed by atoms with Crippen molar-refractivity contribution in [2.24, 2.45) is 0 Å². The van der Waals surface area contributed by atoms with Crippen LogP contribution in [0.1, 0.15) is 49.3 Å². The molecule has 8 heteroatoms. The molecule has 1 fully saturated rings. The summed E-state index contributed by atoms with van der Waals surface area (Å²) >= 11 is 18.4. The standard InChI is InChI=1S/C25H29Cl3N2O3/c1-15-10-20(11-16(2)24(15)28)33-14-23(31)30(13-18-8-9-21(26)22(27)12-18)17(3)25(32)29-19-6-4-5-7-19/h8-12,17,19H,4-7,13-14H2,1-3H3,(H,29,32)/t17-/m1/s1. The van der Waals surface area contributed by atoms with Crippen molar-refractivity contribution in [3.05, 3.63) is 62.1 Å². The van der Waals surface area contributed by atoms with Crippen LogP contribution in [-0.2, 0) is 16.1 Å². The van der Waals surface area contributed by atoms with E-state index < -0.39 is 6.04 Å². The lowest BCUT2D eigenvalue weighted by atomic mass is 10.1. The van der Waals surface area contributed by atoms with Crippen molar-refractivity contribution < 1.29 is 14.3 Å². The van der Waals surface area contributed by atoms with Gasteiger partial charge < -0.3 is 15.0 Å². The van der Waals surface area contributed by atoms with Gasteiger partial charge in [-0.3, -0.25) is 9.59 Å². The zero-order chi connectivity index (χ0) is 24.1. The predicted molar refractivity (Wildman–Crippen MR) is 133 cm³/mol. The fourth-order valence-corrected chi connectivity index (χ4v) is 4.46. The van der Waals surface area contributed by atoms with Crippen LogP contribution in [0.3, 0.4) is 0 Å². The second kappa shape index (κ2) is 11.5. The third kappa shape index (κ3) is 6.78. The minimum atomic E-state index is -0.676. The summed E-state index contributed by atoms with van der Waals surface area (Å²) in [5.74, 6) is 0.0780. The van der Waals surface area contributed by atoms with E-state index in [4.69, 9.17) is 39.5 Å². The average molecular weight is 512 g/mol. The Hall–Kier alpha value is -1.95. The molecule has 178 valence electrons. The summed E-state index contributed by atoms with van der Waals surface area (Å²) in [6, 6.07) is 8.26. The van der Waals surface area contributed by atoms with Gasteiger partial charge in [-0.1, -0.05) is 53.7 Å². The molecule has 2 aromatic rings. The summed E-state index contributed by atoms with van der Waals surface area (Å²) in [7, 11) is 0. The second-order valence-electron chi connectivity index (χ2n) is 8.60. The highest BCUT2D eigenvalue weighted by Crippen LogP contribution is 2.27. The first-order chi connectivity index (χ1) is 15.7. The zero-order valence-corrected chi connectivity index (χ0v) is 21.4. The molecule has 0 unspecified atom stereocenters. The normalized spacial score (nSPS) is 14.7. The molecule has 2 aromatic carbocycles. The average Bonchev–Trinajstić information content (AvgIpc) is 3.29. The Kier molecular flexibility index (Phi) is 8.91. The number of halogens is 3. The Morgan fingerprint density at radius 3 is 2.30 bits per heavy atom. The van der Waals surface area contributed by atoms with Crippen molar-refractivity contribution in [1.82, 2.24) is 10.2 Å². The topological polar surface area (TPSA) is 58.6 Å². The lowest BCUT2D eigenvalue weighted by Crippen LogP contribution is -2.50. The third-order valence-electron chi connectivity index (χ3n) is 5.98. The molecule has 1 atom stereocenters. The van der Waals surface area contributed by atoms with Gasteiger partial charge in [-0.2, -0.15) is 0 Å². The molecule has 0 heterocycles. The van der Waals surface area contributed by atoms with Gasteiger partial charge in [-0.05, 0) is 74.6 Å². The van der Waals surface area contributed by atoms with Crippen LogP contribution in [0.2, 0.25) is 15.1 Å². The number of hydrogen-bond donors (Lipinski definition) is 1. The number of rotatable bonds is 8. The molecule has 0 aliphatic heterocycles. The number of aryl methyl sites for hydroxylation is 2. The van der Waals surface area contributed by atoms with Crippen LogP contribution in [0.5, 0.6) is 5.75 Å². The molecular formula is C25H29Cl3N2O3. The van der Waals surface area contributed by atoms with Gasteiger partial charge >= 0.3 is 0 Å². The third-order valence-corrected chi connectivity index (χ3v) is 7.31. The summed E-state index contributed by atoms with van der Waals surface area (Å²) in [4.78, 5) is 27.7. The molecule has 1 saturated carbocycles. The van der Waals surface area contributed by atoms with Crippen LogP contribution >= 0.6 is 34.8 Å². The van der Waals surface area contributed by atoms with Gasteiger partial charge in [0.15, 0.2) is 6.61 Å². The fraction of sp³-hybridized carbons (Fsp3) is 0.440. The lowest BCUT2D eigenvalue weighted by Gasteiger charge is -2.29. The van der Waals surface area contributed by atoms with Gasteiger partial charge in [0.1, 0.15) is 11.8 Å². The van der Waals surface area contributed by atoms with E-state index in [0.29, 0.717) is 20.8 Å². The number of amides is 2. The van der Waals surface area contributed by atoms with Gasteiger partial charge in [-0.15, -0.1) is 0 Å². The van der Waals surface area contributed by atoms with Gasteiger partial charge in [-0.25, -0.2) is 0 Å². The number of nitrogens with zero attached hydrogens (tertiary/aromatic N) is 1. The van der Waals surface area contributed by atoms with Crippen LogP contribution < -0.4 is 10.1 Å². The maximum absolute atomic E-state index is 13.2. The minimum absolute atomic E-state index is 0.165. The zero-order valence-electron chi connectivity index (χ0n) is 19.1. The van der Waals surface area contributed by atoms with Crippen LogP contribution in [0.25, 0.3) is 0 Å². The van der Waals surface area contributed by atoms with E-state index in [1.54, 1.807) is 37.3 Å². The molecule has 3 rings (SSSR count). The summed E-state index contributed by atoms with van der Waals surface area (Å²) in [6.45, 7) is 5.50. The second-order valence-corrected chi connectivity index (χ2v) is 9.79. The Labute approximate surface area is 210 Å². The molecule has 1 aliphatic carbocycles. The largest absolute Gasteiger partial charge is 0.484 e. The number of hydrogen-bond acceptors (Lipinski definition) is 3. The van der Waals surface area contributed by atoms with E-state index in [9.17, 15) is 9.59 Å². The first-order valence-corrected chi connectivity index (χ1v) is 12.2. The smallest absolute Gasteiger partial charge is 0.261 e. The van der Waals surface area contributed by atoms with Gasteiger partial charge in [0.2, 0.25) is 5.91 Å². The van der Waals surface area contributed by atoms with E-state index in [0.717, 1.165) is 42.4 Å². The highest BCUT2D eigenvalue weighted by Gasteiger charge is 2.29. The van der Waals surface area contributed by atoms with Crippen molar-refractivity contribution >= 4 is 46.6 Å². The van der Waals surface area contributed by atoms with Crippen molar-refractivity contribution in [3.63, 3.8) is 0 Å². The lowest BCUT2D eigenvalue weighted by molar-refractivity contribution is -0.142. The molecule has 5 nitrogen and oxygen atoms in total. The van der Waals surface area contributed by atoms with E-state index in [1.807, 2.05) is 13.8 Å². The summed E-state index contributed by atoms with van der Waals surface area (Å²) in [5, 5.41) is 4.58. The summed E-state index contributed by atoms with van der Waals surface area (Å²) in [5.41, 5.74) is 2.52. The fourth-order valence-electron chi connectivity index (χ4n) is 4.03. The summed E-state index contributed by atoms with van der Waals surface area (Å²) < 4.78 is 5.78. The molecular weight excluding hydrogens is 483 g/mol. The van der Waals surface area contributed by atoms with Crippen LogP contribution in [0.4, 0.5) is 0 Å². The summed E-state index contributed by atoms with van der Waals surface area (Å²) in [6.07, 6.45) is 4.16. The molecule has 0 bridgehead atoms. The van der Waals surface area contributed by atoms with E-state index in [2.05, 4.69) is 5.32 Å². The van der Waals surface area contributed by atoms with E-state index >= 15 is 0 Å². The molecule has 33 heavy (non-hydrogen) atoms. The molecule has 1 N–H and O–H groups in total. The number of benzene rings is 2. The first kappa shape index (κ1) is 25.7. The maximum Gasteiger partial charge on any atom is 0.261 e. The number of carbonyl (C=O) groups excluding carboxylic acids is 2. The Morgan fingerprint density at radius 2 is 1.70 bits per heavy atom. The van der Waals surface area contributed by atoms with E-state index in [-0.39, 0.29) is 31.0 Å². The number of ether oxygens (including phenoxy) is 1.